The molecular weight excluding hydrogens is 352 g/mol. The molecular formula is C21H24N6O. The highest BCUT2D eigenvalue weighted by Gasteiger charge is 2.29. The lowest BCUT2D eigenvalue weighted by molar-refractivity contribution is -0.117. The number of anilines is 1. The van der Waals surface area contributed by atoms with Gasteiger partial charge in [0.25, 0.3) is 0 Å². The summed E-state index contributed by atoms with van der Waals surface area (Å²) >= 11 is 0. The Balaban J connectivity index is 1.37. The second-order valence-electron chi connectivity index (χ2n) is 7.70. The van der Waals surface area contributed by atoms with Crippen molar-refractivity contribution >= 4 is 22.6 Å². The maximum absolute atomic E-state index is 12.6. The largest absolute Gasteiger partial charge is 0.346 e. The van der Waals surface area contributed by atoms with Gasteiger partial charge in [0.05, 0.1) is 17.8 Å². The number of piperazine rings is 1. The third kappa shape index (κ3) is 3.16. The Morgan fingerprint density at radius 2 is 1.82 bits per heavy atom. The molecule has 3 aromatic heterocycles. The van der Waals surface area contributed by atoms with Crippen molar-refractivity contribution in [3.63, 3.8) is 0 Å². The molecule has 144 valence electrons. The highest BCUT2D eigenvalue weighted by molar-refractivity contribution is 6.01. The predicted octanol–water partition coefficient (Wildman–Crippen LogP) is 1.76. The van der Waals surface area contributed by atoms with Crippen LogP contribution in [0, 0.1) is 0 Å². The number of hydrogen-bond acceptors (Lipinski definition) is 5. The molecule has 2 aliphatic rings. The van der Waals surface area contributed by atoms with E-state index in [1.807, 2.05) is 29.6 Å². The van der Waals surface area contributed by atoms with E-state index >= 15 is 0 Å². The minimum Gasteiger partial charge on any atom is -0.346 e. The normalized spacial score (nSPS) is 18.2. The second-order valence-corrected chi connectivity index (χ2v) is 7.70. The number of hydrogen-bond donors (Lipinski definition) is 1. The van der Waals surface area contributed by atoms with Gasteiger partial charge in [0.15, 0.2) is 0 Å². The minimum absolute atomic E-state index is 0.146. The summed E-state index contributed by atoms with van der Waals surface area (Å²) < 4.78 is 0. The van der Waals surface area contributed by atoms with Crippen molar-refractivity contribution in [2.45, 2.75) is 6.42 Å². The van der Waals surface area contributed by atoms with E-state index in [9.17, 15) is 4.79 Å². The first-order chi connectivity index (χ1) is 13.7. The lowest BCUT2D eigenvalue weighted by Crippen LogP contribution is -2.47. The van der Waals surface area contributed by atoms with Gasteiger partial charge in [0, 0.05) is 74.4 Å². The zero-order valence-corrected chi connectivity index (χ0v) is 16.1. The van der Waals surface area contributed by atoms with Crippen molar-refractivity contribution in [1.82, 2.24) is 24.8 Å². The maximum atomic E-state index is 12.6. The molecule has 0 saturated carbocycles. The van der Waals surface area contributed by atoms with E-state index in [0.29, 0.717) is 6.42 Å². The molecule has 1 saturated heterocycles. The van der Waals surface area contributed by atoms with Crippen LogP contribution in [-0.4, -0.2) is 77.0 Å². The van der Waals surface area contributed by atoms with Gasteiger partial charge >= 0.3 is 0 Å². The Morgan fingerprint density at radius 3 is 2.68 bits per heavy atom. The average Bonchev–Trinajstić information content (AvgIpc) is 3.30. The van der Waals surface area contributed by atoms with Crippen molar-refractivity contribution < 1.29 is 4.79 Å². The standard InChI is InChI=1S/C21H24N6O/c1-25-4-6-26(7-5-25)8-9-27-19-11-17(13-23-18(19)12-20(27)28)16-10-15-2-3-22-21(15)24-14-16/h2-3,10-11,13-14H,4-9,12H2,1H3,(H,22,24). The van der Waals surface area contributed by atoms with Crippen LogP contribution in [0.5, 0.6) is 0 Å². The molecule has 7 nitrogen and oxygen atoms in total. The Morgan fingerprint density at radius 1 is 1.04 bits per heavy atom. The van der Waals surface area contributed by atoms with Crippen LogP contribution in [0.1, 0.15) is 5.69 Å². The molecule has 0 aliphatic carbocycles. The number of aromatic amines is 1. The minimum atomic E-state index is 0.146. The smallest absolute Gasteiger partial charge is 0.233 e. The van der Waals surface area contributed by atoms with Crippen molar-refractivity contribution in [2.75, 3.05) is 51.2 Å². The molecule has 0 spiro atoms. The van der Waals surface area contributed by atoms with E-state index in [1.54, 1.807) is 0 Å². The summed E-state index contributed by atoms with van der Waals surface area (Å²) in [6.45, 7) is 5.92. The summed E-state index contributed by atoms with van der Waals surface area (Å²) in [5.41, 5.74) is 4.71. The summed E-state index contributed by atoms with van der Waals surface area (Å²) in [4.78, 5) is 31.5. The van der Waals surface area contributed by atoms with Crippen LogP contribution >= 0.6 is 0 Å². The number of carbonyl (C=O) groups is 1. The number of nitrogens with zero attached hydrogens (tertiary/aromatic N) is 5. The number of likely N-dealkylation sites (N-methyl/N-ethyl adjacent to an activating group) is 1. The molecule has 0 radical (unpaired) electrons. The Kier molecular flexibility index (Phi) is 4.33. The Bertz CT molecular complexity index is 1020. The van der Waals surface area contributed by atoms with Crippen LogP contribution < -0.4 is 4.90 Å². The third-order valence-electron chi connectivity index (χ3n) is 5.83. The first-order valence-corrected chi connectivity index (χ1v) is 9.81. The van der Waals surface area contributed by atoms with Gasteiger partial charge in [-0.05, 0) is 25.2 Å². The molecule has 2 aliphatic heterocycles. The molecule has 0 atom stereocenters. The molecule has 3 aromatic rings. The molecule has 1 N–H and O–H groups in total. The van der Waals surface area contributed by atoms with E-state index in [2.05, 4.69) is 43.9 Å². The first kappa shape index (κ1) is 17.3. The van der Waals surface area contributed by atoms with Gasteiger partial charge in [-0.1, -0.05) is 0 Å². The van der Waals surface area contributed by atoms with E-state index in [1.165, 1.54) is 0 Å². The van der Waals surface area contributed by atoms with E-state index in [4.69, 9.17) is 0 Å². The fraction of sp³-hybridized carbons (Fsp3) is 0.381. The first-order valence-electron chi connectivity index (χ1n) is 9.81. The molecule has 0 aromatic carbocycles. The van der Waals surface area contributed by atoms with Crippen LogP contribution in [-0.2, 0) is 11.2 Å². The molecule has 7 heteroatoms. The van der Waals surface area contributed by atoms with Gasteiger partial charge in [-0.15, -0.1) is 0 Å². The number of nitrogens with one attached hydrogen (secondary N) is 1. The average molecular weight is 376 g/mol. The topological polar surface area (TPSA) is 68.4 Å². The van der Waals surface area contributed by atoms with Crippen LogP contribution in [0.15, 0.2) is 36.8 Å². The van der Waals surface area contributed by atoms with Crippen molar-refractivity contribution in [3.05, 3.63) is 42.5 Å². The fourth-order valence-corrected chi connectivity index (χ4v) is 4.04. The lowest BCUT2D eigenvalue weighted by atomic mass is 10.1. The van der Waals surface area contributed by atoms with Gasteiger partial charge in [-0.2, -0.15) is 0 Å². The highest BCUT2D eigenvalue weighted by Crippen LogP contribution is 2.32. The molecule has 1 amide bonds. The van der Waals surface area contributed by atoms with Gasteiger partial charge in [-0.25, -0.2) is 4.98 Å². The molecule has 0 bridgehead atoms. The van der Waals surface area contributed by atoms with Crippen molar-refractivity contribution in [3.8, 4) is 11.1 Å². The van der Waals surface area contributed by atoms with Crippen LogP contribution in [0.3, 0.4) is 0 Å². The lowest BCUT2D eigenvalue weighted by Gasteiger charge is -2.33. The van der Waals surface area contributed by atoms with Gasteiger partial charge in [-0.3, -0.25) is 14.7 Å². The fourth-order valence-electron chi connectivity index (χ4n) is 4.04. The van der Waals surface area contributed by atoms with Crippen LogP contribution in [0.25, 0.3) is 22.2 Å². The van der Waals surface area contributed by atoms with Gasteiger partial charge in [0.1, 0.15) is 5.65 Å². The number of H-pyrrole nitrogens is 1. The summed E-state index contributed by atoms with van der Waals surface area (Å²) in [6, 6.07) is 6.21. The maximum Gasteiger partial charge on any atom is 0.233 e. The number of carbonyl (C=O) groups excluding carboxylic acids is 1. The summed E-state index contributed by atoms with van der Waals surface area (Å²) in [7, 11) is 2.16. The number of aromatic nitrogens is 3. The second kappa shape index (κ2) is 7.00. The number of fused-ring (bicyclic) bond motifs is 2. The molecule has 5 heterocycles. The van der Waals surface area contributed by atoms with Crippen LogP contribution in [0.2, 0.25) is 0 Å². The summed E-state index contributed by atoms with van der Waals surface area (Å²) in [5, 5.41) is 1.07. The molecule has 5 rings (SSSR count). The predicted molar refractivity (Wildman–Crippen MR) is 109 cm³/mol. The van der Waals surface area contributed by atoms with E-state index in [-0.39, 0.29) is 5.91 Å². The molecule has 28 heavy (non-hydrogen) atoms. The SMILES string of the molecule is CN1CCN(CCN2C(=O)Cc3ncc(-c4cnc5[nH]ccc5c4)cc32)CC1. The van der Waals surface area contributed by atoms with Gasteiger partial charge < -0.3 is 14.8 Å². The summed E-state index contributed by atoms with van der Waals surface area (Å²) in [5.74, 6) is 0.146. The number of pyridine rings is 2. The van der Waals surface area contributed by atoms with E-state index < -0.39 is 0 Å². The molecule has 1 fully saturated rings. The number of rotatable bonds is 4. The Labute approximate surface area is 164 Å². The van der Waals surface area contributed by atoms with Crippen molar-refractivity contribution in [2.24, 2.45) is 0 Å². The molecule has 0 unspecified atom stereocenters. The Hall–Kier alpha value is -2.77. The van der Waals surface area contributed by atoms with E-state index in [0.717, 1.165) is 72.8 Å². The number of amides is 1. The van der Waals surface area contributed by atoms with Crippen molar-refractivity contribution in [1.29, 1.82) is 0 Å². The zero-order chi connectivity index (χ0) is 19.1. The zero-order valence-electron chi connectivity index (χ0n) is 16.1. The highest BCUT2D eigenvalue weighted by atomic mass is 16.2. The van der Waals surface area contributed by atoms with Gasteiger partial charge in [0.2, 0.25) is 5.91 Å². The third-order valence-corrected chi connectivity index (χ3v) is 5.83. The quantitative estimate of drug-likeness (QED) is 0.752. The monoisotopic (exact) mass is 376 g/mol. The van der Waals surface area contributed by atoms with Crippen LogP contribution in [0.4, 0.5) is 5.69 Å². The summed E-state index contributed by atoms with van der Waals surface area (Å²) in [6.07, 6.45) is 5.99.